The van der Waals surface area contributed by atoms with Gasteiger partial charge in [0.25, 0.3) is 5.56 Å². The Balaban J connectivity index is 1.68. The minimum atomic E-state index is 0.174. The summed E-state index contributed by atoms with van der Waals surface area (Å²) in [6.45, 7) is 3.74. The molecule has 0 radical (unpaired) electrons. The first-order chi connectivity index (χ1) is 11.8. The van der Waals surface area contributed by atoms with Gasteiger partial charge in [0.15, 0.2) is 5.16 Å². The van der Waals surface area contributed by atoms with Crippen LogP contribution >= 0.6 is 23.1 Å². The number of aryl methyl sites for hydroxylation is 2. The molecule has 130 valence electrons. The molecule has 0 aromatic carbocycles. The predicted octanol–water partition coefficient (Wildman–Crippen LogP) is 4.02. The molecule has 0 bridgehead atoms. The van der Waals surface area contributed by atoms with Gasteiger partial charge in [-0.05, 0) is 50.5 Å². The number of fused-ring (bicyclic) bond motifs is 3. The van der Waals surface area contributed by atoms with Crippen molar-refractivity contribution in [3.63, 3.8) is 0 Å². The molecule has 1 aliphatic heterocycles. The lowest BCUT2D eigenvalue weighted by atomic mass is 10.1. The van der Waals surface area contributed by atoms with Crippen molar-refractivity contribution in [3.8, 4) is 0 Å². The van der Waals surface area contributed by atoms with Gasteiger partial charge < -0.3 is 4.74 Å². The minimum absolute atomic E-state index is 0.174. The fraction of sp³-hybridized carbons (Fsp3) is 0.667. The highest BCUT2D eigenvalue weighted by molar-refractivity contribution is 7.99. The van der Waals surface area contributed by atoms with E-state index in [4.69, 9.17) is 9.72 Å². The van der Waals surface area contributed by atoms with E-state index >= 15 is 0 Å². The van der Waals surface area contributed by atoms with E-state index < -0.39 is 0 Å². The summed E-state index contributed by atoms with van der Waals surface area (Å²) in [7, 11) is 0. The molecule has 1 saturated heterocycles. The average Bonchev–Trinajstić information content (AvgIpc) is 3.17. The first kappa shape index (κ1) is 16.6. The fourth-order valence-corrected chi connectivity index (χ4v) is 6.09. The number of rotatable bonds is 5. The maximum Gasteiger partial charge on any atom is 0.263 e. The summed E-state index contributed by atoms with van der Waals surface area (Å²) in [6, 6.07) is 0. The maximum absolute atomic E-state index is 13.1. The lowest BCUT2D eigenvalue weighted by Crippen LogP contribution is -2.25. The molecule has 0 amide bonds. The molecule has 2 aromatic heterocycles. The average molecular weight is 365 g/mol. The molecule has 0 N–H and O–H groups in total. The Hall–Kier alpha value is -0.850. The highest BCUT2D eigenvalue weighted by Crippen LogP contribution is 2.35. The number of hydrogen-bond acceptors (Lipinski definition) is 5. The van der Waals surface area contributed by atoms with E-state index in [0.717, 1.165) is 60.0 Å². The van der Waals surface area contributed by atoms with Crippen LogP contribution in [0.2, 0.25) is 0 Å². The van der Waals surface area contributed by atoms with Crippen LogP contribution in [0.1, 0.15) is 49.5 Å². The molecule has 4 nitrogen and oxygen atoms in total. The standard InChI is InChI=1S/C18H24N2O2S2/c1-2-9-20-17(21)15-13-7-5-8-14(13)24-16(15)19-18(20)23-11-12-6-3-4-10-22-12/h12H,2-11H2,1H3/t12-/m1/s1. The fourth-order valence-electron chi connectivity index (χ4n) is 3.70. The van der Waals surface area contributed by atoms with Crippen LogP contribution in [0, 0.1) is 0 Å². The number of ether oxygens (including phenoxy) is 1. The van der Waals surface area contributed by atoms with Gasteiger partial charge in [-0.2, -0.15) is 0 Å². The van der Waals surface area contributed by atoms with Crippen molar-refractivity contribution >= 4 is 33.3 Å². The number of hydrogen-bond donors (Lipinski definition) is 0. The zero-order chi connectivity index (χ0) is 16.5. The van der Waals surface area contributed by atoms with Gasteiger partial charge in [-0.3, -0.25) is 9.36 Å². The molecular weight excluding hydrogens is 340 g/mol. The van der Waals surface area contributed by atoms with E-state index in [1.54, 1.807) is 23.1 Å². The molecule has 0 unspecified atom stereocenters. The highest BCUT2D eigenvalue weighted by atomic mass is 32.2. The monoisotopic (exact) mass is 364 g/mol. The van der Waals surface area contributed by atoms with Crippen molar-refractivity contribution in [3.05, 3.63) is 20.8 Å². The molecule has 2 aliphatic rings. The summed E-state index contributed by atoms with van der Waals surface area (Å²) in [5.41, 5.74) is 1.46. The van der Waals surface area contributed by atoms with Crippen molar-refractivity contribution in [1.29, 1.82) is 0 Å². The summed E-state index contributed by atoms with van der Waals surface area (Å²) >= 11 is 3.43. The molecule has 1 fully saturated rings. The quantitative estimate of drug-likeness (QED) is 0.594. The molecule has 1 atom stereocenters. The van der Waals surface area contributed by atoms with Gasteiger partial charge in [-0.25, -0.2) is 4.98 Å². The Morgan fingerprint density at radius 1 is 1.33 bits per heavy atom. The zero-order valence-corrected chi connectivity index (χ0v) is 15.8. The van der Waals surface area contributed by atoms with E-state index in [2.05, 4.69) is 6.92 Å². The Morgan fingerprint density at radius 3 is 3.04 bits per heavy atom. The van der Waals surface area contributed by atoms with Crippen LogP contribution in [0.5, 0.6) is 0 Å². The van der Waals surface area contributed by atoms with Crippen LogP contribution in [0.25, 0.3) is 10.2 Å². The Kier molecular flexibility index (Phi) is 4.97. The van der Waals surface area contributed by atoms with Crippen LogP contribution < -0.4 is 5.56 Å². The molecular formula is C18H24N2O2S2. The Morgan fingerprint density at radius 2 is 2.25 bits per heavy atom. The van der Waals surface area contributed by atoms with Crippen LogP contribution in [-0.2, 0) is 24.1 Å². The molecule has 1 aliphatic carbocycles. The largest absolute Gasteiger partial charge is 0.377 e. The highest BCUT2D eigenvalue weighted by Gasteiger charge is 2.23. The number of aromatic nitrogens is 2. The second-order valence-electron chi connectivity index (χ2n) is 6.69. The van der Waals surface area contributed by atoms with Gasteiger partial charge in [0, 0.05) is 23.8 Å². The van der Waals surface area contributed by atoms with E-state index in [0.29, 0.717) is 6.10 Å². The maximum atomic E-state index is 13.1. The number of thiophene rings is 1. The summed E-state index contributed by atoms with van der Waals surface area (Å²) in [6.07, 6.45) is 8.14. The third-order valence-corrected chi connectivity index (χ3v) is 7.20. The summed E-state index contributed by atoms with van der Waals surface area (Å²) in [4.78, 5) is 20.3. The van der Waals surface area contributed by atoms with Crippen molar-refractivity contribution in [2.24, 2.45) is 0 Å². The summed E-state index contributed by atoms with van der Waals surface area (Å²) < 4.78 is 7.74. The second-order valence-corrected chi connectivity index (χ2v) is 8.76. The van der Waals surface area contributed by atoms with E-state index in [1.165, 1.54) is 29.7 Å². The smallest absolute Gasteiger partial charge is 0.263 e. The van der Waals surface area contributed by atoms with E-state index in [1.807, 2.05) is 4.57 Å². The lowest BCUT2D eigenvalue weighted by molar-refractivity contribution is 0.0315. The molecule has 4 rings (SSSR count). The minimum Gasteiger partial charge on any atom is -0.377 e. The van der Waals surface area contributed by atoms with E-state index in [-0.39, 0.29) is 5.56 Å². The first-order valence-corrected chi connectivity index (χ1v) is 10.9. The van der Waals surface area contributed by atoms with Gasteiger partial charge in [0.05, 0.1) is 11.5 Å². The van der Waals surface area contributed by atoms with Gasteiger partial charge in [-0.15, -0.1) is 11.3 Å². The lowest BCUT2D eigenvalue weighted by Gasteiger charge is -2.22. The first-order valence-electron chi connectivity index (χ1n) is 9.07. The third-order valence-electron chi connectivity index (χ3n) is 4.91. The van der Waals surface area contributed by atoms with Crippen molar-refractivity contribution < 1.29 is 4.74 Å². The molecule has 24 heavy (non-hydrogen) atoms. The molecule has 0 spiro atoms. The van der Waals surface area contributed by atoms with E-state index in [9.17, 15) is 4.79 Å². The molecule has 2 aromatic rings. The number of nitrogens with zero attached hydrogens (tertiary/aromatic N) is 2. The van der Waals surface area contributed by atoms with Crippen LogP contribution in [-0.4, -0.2) is 28.0 Å². The van der Waals surface area contributed by atoms with Gasteiger partial charge in [0.1, 0.15) is 4.83 Å². The van der Waals surface area contributed by atoms with Crippen molar-refractivity contribution in [2.75, 3.05) is 12.4 Å². The van der Waals surface area contributed by atoms with Gasteiger partial charge in [-0.1, -0.05) is 18.7 Å². The van der Waals surface area contributed by atoms with Crippen LogP contribution in [0.4, 0.5) is 0 Å². The Bertz CT molecular complexity index is 790. The van der Waals surface area contributed by atoms with Gasteiger partial charge in [0.2, 0.25) is 0 Å². The summed E-state index contributed by atoms with van der Waals surface area (Å²) in [5, 5.41) is 1.78. The molecule has 0 saturated carbocycles. The molecule has 6 heteroatoms. The normalized spacial score (nSPS) is 20.6. The predicted molar refractivity (Wildman–Crippen MR) is 101 cm³/mol. The van der Waals surface area contributed by atoms with Crippen molar-refractivity contribution in [2.45, 2.75) is 69.7 Å². The van der Waals surface area contributed by atoms with Crippen LogP contribution in [0.15, 0.2) is 9.95 Å². The van der Waals surface area contributed by atoms with Crippen molar-refractivity contribution in [1.82, 2.24) is 9.55 Å². The van der Waals surface area contributed by atoms with Crippen LogP contribution in [0.3, 0.4) is 0 Å². The molecule has 3 heterocycles. The summed E-state index contributed by atoms with van der Waals surface area (Å²) in [5.74, 6) is 0.896. The van der Waals surface area contributed by atoms with Gasteiger partial charge >= 0.3 is 0 Å². The topological polar surface area (TPSA) is 44.1 Å². The second kappa shape index (κ2) is 7.18. The SMILES string of the molecule is CCCn1c(SC[C@H]2CCCCO2)nc2sc3c(c2c1=O)CCC3. The Labute approximate surface area is 150 Å². The number of thioether (sulfide) groups is 1. The third kappa shape index (κ3) is 3.04. The zero-order valence-electron chi connectivity index (χ0n) is 14.2.